The molecule has 0 heterocycles. The number of nitrogens with one attached hydrogen (secondary N) is 2. The van der Waals surface area contributed by atoms with E-state index in [0.717, 1.165) is 24.3 Å². The summed E-state index contributed by atoms with van der Waals surface area (Å²) >= 11 is 0. The summed E-state index contributed by atoms with van der Waals surface area (Å²) in [5, 5.41) is 15.2. The van der Waals surface area contributed by atoms with E-state index in [9.17, 15) is 14.7 Å². The standard InChI is InChI=1S/C25H32N2O3/c1-18-11-14-21(17-23(18)27-25(30)20-12-15-22(28)16-13-20)26-24(29)10-6-5-9-19-7-3-2-4-8-19/h11-17,19,28H,2-10H2,1H3,(H,26,29)(H,27,30). The van der Waals surface area contributed by atoms with Gasteiger partial charge in [0.1, 0.15) is 5.75 Å². The molecule has 0 aromatic heterocycles. The smallest absolute Gasteiger partial charge is 0.255 e. The Morgan fingerprint density at radius 1 is 0.967 bits per heavy atom. The van der Waals surface area contributed by atoms with Crippen molar-refractivity contribution in [2.75, 3.05) is 10.6 Å². The van der Waals surface area contributed by atoms with Crippen molar-refractivity contribution in [1.29, 1.82) is 0 Å². The highest BCUT2D eigenvalue weighted by molar-refractivity contribution is 6.05. The molecule has 2 aromatic rings. The molecule has 1 aliphatic rings. The van der Waals surface area contributed by atoms with Crippen LogP contribution >= 0.6 is 0 Å². The molecule has 3 rings (SSSR count). The lowest BCUT2D eigenvalue weighted by Crippen LogP contribution is -2.14. The SMILES string of the molecule is Cc1ccc(NC(=O)CCCCC2CCCCC2)cc1NC(=O)c1ccc(O)cc1. The Hall–Kier alpha value is -2.82. The summed E-state index contributed by atoms with van der Waals surface area (Å²) in [5.74, 6) is 0.729. The van der Waals surface area contributed by atoms with Gasteiger partial charge in [-0.05, 0) is 61.2 Å². The molecular formula is C25H32N2O3. The molecular weight excluding hydrogens is 376 g/mol. The summed E-state index contributed by atoms with van der Waals surface area (Å²) in [7, 11) is 0. The molecule has 5 nitrogen and oxygen atoms in total. The normalized spacial score (nSPS) is 14.3. The first-order valence-electron chi connectivity index (χ1n) is 11.0. The fourth-order valence-electron chi connectivity index (χ4n) is 4.06. The average molecular weight is 409 g/mol. The van der Waals surface area contributed by atoms with Crippen LogP contribution in [0.25, 0.3) is 0 Å². The maximum atomic E-state index is 12.4. The Morgan fingerprint density at radius 2 is 1.70 bits per heavy atom. The number of hydrogen-bond acceptors (Lipinski definition) is 3. The number of unbranched alkanes of at least 4 members (excludes halogenated alkanes) is 1. The van der Waals surface area contributed by atoms with Crippen LogP contribution in [0.4, 0.5) is 11.4 Å². The van der Waals surface area contributed by atoms with Crippen molar-refractivity contribution in [1.82, 2.24) is 0 Å². The second kappa shape index (κ2) is 10.8. The number of phenolic OH excluding ortho intramolecular Hbond substituents is 1. The van der Waals surface area contributed by atoms with Gasteiger partial charge in [-0.3, -0.25) is 9.59 Å². The van der Waals surface area contributed by atoms with Gasteiger partial charge in [0.05, 0.1) is 0 Å². The van der Waals surface area contributed by atoms with Crippen LogP contribution in [0.15, 0.2) is 42.5 Å². The van der Waals surface area contributed by atoms with Gasteiger partial charge in [-0.15, -0.1) is 0 Å². The number of amides is 2. The van der Waals surface area contributed by atoms with Crippen LogP contribution in [0.5, 0.6) is 5.75 Å². The number of carbonyl (C=O) groups is 2. The summed E-state index contributed by atoms with van der Waals surface area (Å²) < 4.78 is 0. The molecule has 5 heteroatoms. The maximum absolute atomic E-state index is 12.4. The molecule has 0 radical (unpaired) electrons. The van der Waals surface area contributed by atoms with Crippen LogP contribution in [0.3, 0.4) is 0 Å². The zero-order chi connectivity index (χ0) is 21.3. The van der Waals surface area contributed by atoms with Gasteiger partial charge in [0, 0.05) is 23.4 Å². The van der Waals surface area contributed by atoms with E-state index in [0.29, 0.717) is 23.4 Å². The number of rotatable bonds is 8. The molecule has 0 aliphatic heterocycles. The third kappa shape index (κ3) is 6.61. The highest BCUT2D eigenvalue weighted by Crippen LogP contribution is 2.28. The molecule has 1 fully saturated rings. The van der Waals surface area contributed by atoms with E-state index >= 15 is 0 Å². The molecule has 3 N–H and O–H groups in total. The van der Waals surface area contributed by atoms with Crippen LogP contribution in [0, 0.1) is 12.8 Å². The minimum atomic E-state index is -0.260. The predicted octanol–water partition coefficient (Wildman–Crippen LogP) is 6.03. The number of aryl methyl sites for hydroxylation is 1. The topological polar surface area (TPSA) is 78.4 Å². The van der Waals surface area contributed by atoms with Crippen molar-refractivity contribution in [2.24, 2.45) is 5.92 Å². The second-order valence-electron chi connectivity index (χ2n) is 8.33. The van der Waals surface area contributed by atoms with Gasteiger partial charge in [-0.2, -0.15) is 0 Å². The summed E-state index contributed by atoms with van der Waals surface area (Å²) in [4.78, 5) is 24.7. The lowest BCUT2D eigenvalue weighted by Gasteiger charge is -2.21. The zero-order valence-electron chi connectivity index (χ0n) is 17.7. The fourth-order valence-corrected chi connectivity index (χ4v) is 4.06. The van der Waals surface area contributed by atoms with Crippen molar-refractivity contribution in [3.05, 3.63) is 53.6 Å². The van der Waals surface area contributed by atoms with Crippen molar-refractivity contribution >= 4 is 23.2 Å². The number of anilines is 2. The second-order valence-corrected chi connectivity index (χ2v) is 8.33. The monoisotopic (exact) mass is 408 g/mol. The number of benzene rings is 2. The van der Waals surface area contributed by atoms with Gasteiger partial charge >= 0.3 is 0 Å². The van der Waals surface area contributed by atoms with Crippen molar-refractivity contribution in [2.45, 2.75) is 64.7 Å². The Bertz CT molecular complexity index is 855. The van der Waals surface area contributed by atoms with E-state index in [1.54, 1.807) is 18.2 Å². The summed E-state index contributed by atoms with van der Waals surface area (Å²) in [5.41, 5.74) is 2.70. The van der Waals surface area contributed by atoms with Gasteiger partial charge in [0.2, 0.25) is 5.91 Å². The molecule has 30 heavy (non-hydrogen) atoms. The third-order valence-corrected chi connectivity index (χ3v) is 5.89. The maximum Gasteiger partial charge on any atom is 0.255 e. The Morgan fingerprint density at radius 3 is 2.43 bits per heavy atom. The highest BCUT2D eigenvalue weighted by atomic mass is 16.3. The van der Waals surface area contributed by atoms with Gasteiger partial charge in [-0.1, -0.05) is 51.0 Å². The lowest BCUT2D eigenvalue weighted by atomic mass is 9.85. The van der Waals surface area contributed by atoms with Crippen LogP contribution in [0.2, 0.25) is 0 Å². The minimum absolute atomic E-state index is 0.0123. The third-order valence-electron chi connectivity index (χ3n) is 5.89. The highest BCUT2D eigenvalue weighted by Gasteiger charge is 2.13. The lowest BCUT2D eigenvalue weighted by molar-refractivity contribution is -0.116. The predicted molar refractivity (Wildman–Crippen MR) is 121 cm³/mol. The van der Waals surface area contributed by atoms with Crippen LogP contribution in [-0.4, -0.2) is 16.9 Å². The van der Waals surface area contributed by atoms with Gasteiger partial charge in [0.15, 0.2) is 0 Å². The first-order chi connectivity index (χ1) is 14.5. The number of phenols is 1. The van der Waals surface area contributed by atoms with E-state index in [4.69, 9.17) is 0 Å². The van der Waals surface area contributed by atoms with Gasteiger partial charge in [0.25, 0.3) is 5.91 Å². The van der Waals surface area contributed by atoms with Crippen molar-refractivity contribution < 1.29 is 14.7 Å². The van der Waals surface area contributed by atoms with E-state index in [1.807, 2.05) is 19.1 Å². The van der Waals surface area contributed by atoms with E-state index in [2.05, 4.69) is 10.6 Å². The first-order valence-corrected chi connectivity index (χ1v) is 11.0. The summed E-state index contributed by atoms with van der Waals surface area (Å²) in [6, 6.07) is 11.6. The van der Waals surface area contributed by atoms with Crippen LogP contribution in [0.1, 0.15) is 73.7 Å². The minimum Gasteiger partial charge on any atom is -0.508 e. The molecule has 160 valence electrons. The Balaban J connectivity index is 1.48. The summed E-state index contributed by atoms with van der Waals surface area (Å²) in [6.07, 6.45) is 10.6. The van der Waals surface area contributed by atoms with E-state index in [1.165, 1.54) is 50.7 Å². The first kappa shape index (κ1) is 21.9. The quantitative estimate of drug-likeness (QED) is 0.467. The molecule has 0 atom stereocenters. The van der Waals surface area contributed by atoms with E-state index < -0.39 is 0 Å². The zero-order valence-corrected chi connectivity index (χ0v) is 17.7. The van der Waals surface area contributed by atoms with Gasteiger partial charge in [-0.25, -0.2) is 0 Å². The molecule has 0 spiro atoms. The molecule has 1 saturated carbocycles. The Labute approximate surface area is 178 Å². The molecule has 1 aliphatic carbocycles. The molecule has 0 unspecified atom stereocenters. The average Bonchev–Trinajstić information content (AvgIpc) is 2.75. The Kier molecular flexibility index (Phi) is 7.89. The van der Waals surface area contributed by atoms with Crippen molar-refractivity contribution in [3.8, 4) is 5.75 Å². The van der Waals surface area contributed by atoms with E-state index in [-0.39, 0.29) is 17.6 Å². The largest absolute Gasteiger partial charge is 0.508 e. The van der Waals surface area contributed by atoms with Crippen LogP contribution < -0.4 is 10.6 Å². The van der Waals surface area contributed by atoms with Crippen LogP contribution in [-0.2, 0) is 4.79 Å². The summed E-state index contributed by atoms with van der Waals surface area (Å²) in [6.45, 7) is 1.91. The molecule has 0 bridgehead atoms. The number of hydrogen-bond donors (Lipinski definition) is 3. The molecule has 2 amide bonds. The van der Waals surface area contributed by atoms with Gasteiger partial charge < -0.3 is 15.7 Å². The molecule has 0 saturated heterocycles. The number of carbonyl (C=O) groups excluding carboxylic acids is 2. The fraction of sp³-hybridized carbons (Fsp3) is 0.440. The number of aromatic hydroxyl groups is 1. The van der Waals surface area contributed by atoms with Crippen molar-refractivity contribution in [3.63, 3.8) is 0 Å². The molecule has 2 aromatic carbocycles.